The normalized spacial score (nSPS) is 12.5. The molecule has 11 nitrogen and oxygen atoms in total. The van der Waals surface area contributed by atoms with Crippen LogP contribution in [0.5, 0.6) is 5.75 Å². The molecule has 0 aromatic heterocycles. The first-order valence-electron chi connectivity index (χ1n) is 9.88. The Morgan fingerprint density at radius 2 is 1.88 bits per heavy atom. The summed E-state index contributed by atoms with van der Waals surface area (Å²) >= 11 is 0. The van der Waals surface area contributed by atoms with Crippen molar-refractivity contribution in [2.45, 2.75) is 45.4 Å². The maximum Gasteiger partial charge on any atom is 0.408 e. The number of esters is 1. The number of aryl methyl sites for hydroxylation is 1. The van der Waals surface area contributed by atoms with E-state index in [9.17, 15) is 29.4 Å². The minimum absolute atomic E-state index is 0.0501. The lowest BCUT2D eigenvalue weighted by Gasteiger charge is -2.30. The van der Waals surface area contributed by atoms with Crippen molar-refractivity contribution >= 4 is 23.9 Å². The summed E-state index contributed by atoms with van der Waals surface area (Å²) in [5.74, 6) is -2.59. The molecule has 4 N–H and O–H groups in total. The van der Waals surface area contributed by atoms with Gasteiger partial charge in [0.25, 0.3) is 5.91 Å². The highest BCUT2D eigenvalue weighted by molar-refractivity contribution is 5.94. The van der Waals surface area contributed by atoms with Gasteiger partial charge in [-0.1, -0.05) is 12.5 Å². The van der Waals surface area contributed by atoms with Gasteiger partial charge in [0.2, 0.25) is 5.91 Å². The van der Waals surface area contributed by atoms with E-state index in [4.69, 9.17) is 11.2 Å². The average Bonchev–Trinajstić information content (AvgIpc) is 2.74. The summed E-state index contributed by atoms with van der Waals surface area (Å²) in [5.41, 5.74) is -0.250. The van der Waals surface area contributed by atoms with Gasteiger partial charge in [0, 0.05) is 6.04 Å². The molecule has 180 valence electrons. The van der Waals surface area contributed by atoms with Crippen LogP contribution in [0.2, 0.25) is 0 Å². The van der Waals surface area contributed by atoms with Gasteiger partial charge in [0.1, 0.15) is 30.0 Å². The number of carbonyl (C=O) groups is 4. The Labute approximate surface area is 192 Å². The molecule has 0 fully saturated rings. The summed E-state index contributed by atoms with van der Waals surface area (Å²) in [7, 11) is 1.14. The van der Waals surface area contributed by atoms with Crippen LogP contribution < -0.4 is 10.6 Å². The van der Waals surface area contributed by atoms with Crippen LogP contribution in [-0.2, 0) is 23.9 Å². The third-order valence-corrected chi connectivity index (χ3v) is 4.23. The number of phenols is 1. The standard InChI is InChI=1S/C22H29N3O8/c1-7-25(20(30)15(12-26)24-21(31)33-22(3,4)5)18(19(29)23-11-17(28)32-6)14-8-9-16(27)13(2)10-14/h1,8-10,15,18,26-27H,11-12H2,2-6H3,(H,23,29)(H,24,31). The highest BCUT2D eigenvalue weighted by Crippen LogP contribution is 2.26. The summed E-state index contributed by atoms with van der Waals surface area (Å²) in [6.45, 7) is 5.10. The van der Waals surface area contributed by atoms with Crippen LogP contribution in [0.15, 0.2) is 18.2 Å². The first-order chi connectivity index (χ1) is 15.3. The molecule has 2 atom stereocenters. The van der Waals surface area contributed by atoms with Crippen LogP contribution in [0, 0.1) is 19.4 Å². The molecule has 11 heteroatoms. The van der Waals surface area contributed by atoms with E-state index in [1.807, 2.05) is 0 Å². The van der Waals surface area contributed by atoms with Gasteiger partial charge in [-0.3, -0.25) is 19.3 Å². The summed E-state index contributed by atoms with van der Waals surface area (Å²) in [4.78, 5) is 50.3. The quantitative estimate of drug-likeness (QED) is 0.244. The molecule has 0 spiro atoms. The number of ether oxygens (including phenoxy) is 2. The number of hydrogen-bond donors (Lipinski definition) is 4. The zero-order valence-corrected chi connectivity index (χ0v) is 19.2. The molecular formula is C22H29N3O8. The Bertz CT molecular complexity index is 933. The number of aliphatic hydroxyl groups is 1. The molecule has 0 radical (unpaired) electrons. The summed E-state index contributed by atoms with van der Waals surface area (Å²) < 4.78 is 9.58. The second kappa shape index (κ2) is 11.7. The van der Waals surface area contributed by atoms with Crippen LogP contribution in [0.1, 0.15) is 37.9 Å². The van der Waals surface area contributed by atoms with Crippen LogP contribution in [-0.4, -0.2) is 70.9 Å². The second-order valence-electron chi connectivity index (χ2n) is 7.96. The highest BCUT2D eigenvalue weighted by Gasteiger charge is 2.36. The number of hydrogen-bond acceptors (Lipinski definition) is 8. The molecule has 1 aromatic carbocycles. The number of methoxy groups -OCH3 is 1. The monoisotopic (exact) mass is 463 g/mol. The van der Waals surface area contributed by atoms with Gasteiger partial charge in [0.05, 0.1) is 13.7 Å². The number of alkyl carbamates (subject to hydrolysis) is 1. The fraction of sp³-hybridized carbons (Fsp3) is 0.455. The van der Waals surface area contributed by atoms with E-state index in [2.05, 4.69) is 21.4 Å². The summed E-state index contributed by atoms with van der Waals surface area (Å²) in [6.07, 6.45) is 4.56. The van der Waals surface area contributed by atoms with Gasteiger partial charge in [-0.25, -0.2) is 4.79 Å². The number of aliphatic hydroxyl groups excluding tert-OH is 1. The fourth-order valence-electron chi connectivity index (χ4n) is 2.66. The van der Waals surface area contributed by atoms with Crippen molar-refractivity contribution in [3.05, 3.63) is 29.3 Å². The lowest BCUT2D eigenvalue weighted by molar-refractivity contribution is -0.143. The number of aromatic hydroxyl groups is 1. The van der Waals surface area contributed by atoms with Gasteiger partial charge in [-0.2, -0.15) is 0 Å². The van der Waals surface area contributed by atoms with E-state index < -0.39 is 54.7 Å². The van der Waals surface area contributed by atoms with Crippen molar-refractivity contribution in [1.82, 2.24) is 15.5 Å². The Kier molecular flexibility index (Phi) is 9.69. The van der Waals surface area contributed by atoms with E-state index >= 15 is 0 Å². The second-order valence-corrected chi connectivity index (χ2v) is 7.96. The lowest BCUT2D eigenvalue weighted by atomic mass is 10.0. The Morgan fingerprint density at radius 1 is 1.24 bits per heavy atom. The number of nitrogens with one attached hydrogen (secondary N) is 2. The Morgan fingerprint density at radius 3 is 2.36 bits per heavy atom. The highest BCUT2D eigenvalue weighted by atomic mass is 16.6. The molecule has 33 heavy (non-hydrogen) atoms. The maximum atomic E-state index is 13.1. The molecular weight excluding hydrogens is 434 g/mol. The molecule has 1 aromatic rings. The van der Waals surface area contributed by atoms with Gasteiger partial charge in [0.15, 0.2) is 0 Å². The number of terminal acetylenes is 1. The molecule has 0 aliphatic rings. The predicted molar refractivity (Wildman–Crippen MR) is 117 cm³/mol. The van der Waals surface area contributed by atoms with Crippen molar-refractivity contribution in [2.24, 2.45) is 0 Å². The van der Waals surface area contributed by atoms with E-state index in [-0.39, 0.29) is 11.3 Å². The van der Waals surface area contributed by atoms with Crippen molar-refractivity contribution in [2.75, 3.05) is 20.3 Å². The molecule has 0 bridgehead atoms. The third kappa shape index (κ3) is 8.01. The maximum absolute atomic E-state index is 13.1. The van der Waals surface area contributed by atoms with E-state index in [0.29, 0.717) is 10.5 Å². The average molecular weight is 463 g/mol. The first-order valence-corrected chi connectivity index (χ1v) is 9.88. The molecule has 0 heterocycles. The summed E-state index contributed by atoms with van der Waals surface area (Å²) in [6, 6.07) is 3.23. The van der Waals surface area contributed by atoms with E-state index in [1.54, 1.807) is 27.7 Å². The number of rotatable bonds is 8. The summed E-state index contributed by atoms with van der Waals surface area (Å²) in [5, 5.41) is 24.0. The topological polar surface area (TPSA) is 154 Å². The van der Waals surface area contributed by atoms with Crippen LogP contribution >= 0.6 is 0 Å². The zero-order chi connectivity index (χ0) is 25.3. The molecule has 3 amide bonds. The van der Waals surface area contributed by atoms with Crippen molar-refractivity contribution in [3.63, 3.8) is 0 Å². The Hall–Kier alpha value is -3.78. The number of phenolic OH excluding ortho intramolecular Hbond substituents is 1. The largest absolute Gasteiger partial charge is 0.508 e. The zero-order valence-electron chi connectivity index (χ0n) is 19.2. The van der Waals surface area contributed by atoms with Crippen molar-refractivity contribution in [3.8, 4) is 18.2 Å². The van der Waals surface area contributed by atoms with Crippen LogP contribution in [0.3, 0.4) is 0 Å². The number of benzene rings is 1. The Balaban J connectivity index is 3.31. The SMILES string of the molecule is C#CN(C(=O)C(CO)NC(=O)OC(C)(C)C)C(C(=O)NCC(=O)OC)c1ccc(O)c(C)c1. The van der Waals surface area contributed by atoms with E-state index in [1.165, 1.54) is 18.2 Å². The van der Waals surface area contributed by atoms with Crippen LogP contribution in [0.25, 0.3) is 0 Å². The van der Waals surface area contributed by atoms with Gasteiger partial charge in [-0.15, -0.1) is 0 Å². The number of amides is 3. The molecule has 0 saturated carbocycles. The van der Waals surface area contributed by atoms with Gasteiger partial charge < -0.3 is 30.3 Å². The minimum Gasteiger partial charge on any atom is -0.508 e. The fourth-order valence-corrected chi connectivity index (χ4v) is 2.66. The van der Waals surface area contributed by atoms with E-state index in [0.717, 1.165) is 7.11 Å². The molecule has 0 saturated heterocycles. The van der Waals surface area contributed by atoms with Gasteiger partial charge in [-0.05, 0) is 51.0 Å². The molecule has 2 unspecified atom stereocenters. The minimum atomic E-state index is -1.52. The lowest BCUT2D eigenvalue weighted by Crippen LogP contribution is -2.53. The van der Waals surface area contributed by atoms with Crippen molar-refractivity contribution < 1.29 is 38.9 Å². The molecule has 1 rings (SSSR count). The first kappa shape index (κ1) is 27.3. The molecule has 0 aliphatic carbocycles. The number of carbonyl (C=O) groups excluding carboxylic acids is 4. The van der Waals surface area contributed by atoms with Gasteiger partial charge >= 0.3 is 12.1 Å². The smallest absolute Gasteiger partial charge is 0.408 e. The number of nitrogens with zero attached hydrogens (tertiary/aromatic N) is 1. The van der Waals surface area contributed by atoms with Crippen molar-refractivity contribution in [1.29, 1.82) is 0 Å². The van der Waals surface area contributed by atoms with Crippen LogP contribution in [0.4, 0.5) is 4.79 Å². The third-order valence-electron chi connectivity index (χ3n) is 4.23. The predicted octanol–water partition coefficient (Wildman–Crippen LogP) is 0.336. The molecule has 0 aliphatic heterocycles.